The zero-order chi connectivity index (χ0) is 61.1. The molecule has 8 aromatic carbocycles. The smallest absolute Gasteiger partial charge is 0.252 e. The lowest BCUT2D eigenvalue weighted by atomic mass is 9.31. The van der Waals surface area contributed by atoms with Crippen molar-refractivity contribution in [3.8, 4) is 11.4 Å². The molecule has 0 atom stereocenters. The molecule has 2 aromatic heterocycles. The third-order valence-corrected chi connectivity index (χ3v) is 19.9. The topological polar surface area (TPSA) is 16.3 Å². The Balaban J connectivity index is 1.20. The normalized spacial score (nSPS) is 14.4. The second-order valence-electron chi connectivity index (χ2n) is 31.0. The van der Waals surface area contributed by atoms with Crippen molar-refractivity contribution in [2.75, 3.05) is 9.80 Å². The van der Waals surface area contributed by atoms with Gasteiger partial charge in [-0.15, -0.1) is 0 Å². The van der Waals surface area contributed by atoms with Crippen molar-refractivity contribution in [1.82, 2.24) is 9.13 Å². The predicted molar refractivity (Wildman–Crippen MR) is 378 cm³/mol. The molecule has 0 spiro atoms. The Hall–Kier alpha value is -7.69. The number of benzene rings is 8. The van der Waals surface area contributed by atoms with Crippen LogP contribution in [0.4, 0.5) is 34.1 Å². The summed E-state index contributed by atoms with van der Waals surface area (Å²) in [5.74, 6) is 0.780. The average molecular weight is 1130 g/mol. The maximum absolute atomic E-state index is 4.62. The third kappa shape index (κ3) is 8.02. The van der Waals surface area contributed by atoms with E-state index in [9.17, 15) is 0 Å². The lowest BCUT2D eigenvalue weighted by Crippen LogP contribution is -2.64. The molecule has 6 heterocycles. The summed E-state index contributed by atoms with van der Waals surface area (Å²) < 4.78 is 5.23. The number of allylic oxidation sites excluding steroid dienone is 1. The number of aromatic nitrogens is 2. The summed E-state index contributed by atoms with van der Waals surface area (Å²) in [5, 5.41) is 3.94. The van der Waals surface area contributed by atoms with Gasteiger partial charge in [-0.25, -0.2) is 0 Å². The highest BCUT2D eigenvalue weighted by molar-refractivity contribution is 7.02. The molecule has 4 aliphatic rings. The fourth-order valence-electron chi connectivity index (χ4n) is 15.8. The monoisotopic (exact) mass is 1120 g/mol. The maximum Gasteiger partial charge on any atom is 0.252 e. The molecular formula is C80H86B2N4. The van der Waals surface area contributed by atoms with E-state index in [1.165, 1.54) is 167 Å². The molecule has 0 amide bonds. The zero-order valence-electron chi connectivity index (χ0n) is 55.0. The van der Waals surface area contributed by atoms with Crippen molar-refractivity contribution in [2.24, 2.45) is 5.41 Å². The fourth-order valence-corrected chi connectivity index (χ4v) is 15.8. The summed E-state index contributed by atoms with van der Waals surface area (Å²) >= 11 is 0. The molecule has 0 saturated heterocycles. The van der Waals surface area contributed by atoms with Crippen LogP contribution >= 0.6 is 0 Å². The first kappa shape index (κ1) is 56.1. The van der Waals surface area contributed by atoms with E-state index < -0.39 is 0 Å². The number of rotatable bonds is 6. The Morgan fingerprint density at radius 2 is 0.988 bits per heavy atom. The van der Waals surface area contributed by atoms with Crippen LogP contribution in [0.1, 0.15) is 184 Å². The number of nitrogens with zero attached hydrogens (tertiary/aromatic N) is 4. The highest BCUT2D eigenvalue weighted by Crippen LogP contribution is 2.52. The zero-order valence-corrected chi connectivity index (χ0v) is 55.0. The minimum absolute atomic E-state index is 0.0196. The highest BCUT2D eigenvalue weighted by atomic mass is 15.2. The molecule has 10 aromatic rings. The van der Waals surface area contributed by atoms with Crippen LogP contribution < -0.4 is 42.6 Å². The number of anilines is 6. The Morgan fingerprint density at radius 3 is 1.56 bits per heavy atom. The Labute approximate surface area is 513 Å². The van der Waals surface area contributed by atoms with Gasteiger partial charge in [-0.2, -0.15) is 0 Å². The molecule has 0 unspecified atom stereocenters. The number of hydrogen-bond donors (Lipinski definition) is 0. The molecule has 4 aliphatic heterocycles. The SMILES string of the molecule is C=Cc1c(/C=C/C(C)(C)C)c2cc(C(C)(C)C)cc3c2n1-c1cccc2c1B3c1cc3c(cc1N2c1c(C)cc(C(C)C)cc1C)B1c2ccccc2-n2c4ccc(C(C)(C)C)cc4c4cc(C(C)(C)C)c(c1c42)N3c1c(C)cc(C(C)C)cc1C. The van der Waals surface area contributed by atoms with Crippen LogP contribution in [0, 0.1) is 33.1 Å². The van der Waals surface area contributed by atoms with Gasteiger partial charge in [0.15, 0.2) is 0 Å². The van der Waals surface area contributed by atoms with Crippen LogP contribution in [0.5, 0.6) is 0 Å². The van der Waals surface area contributed by atoms with E-state index in [0.29, 0.717) is 11.8 Å². The summed E-state index contributed by atoms with van der Waals surface area (Å²) in [5.41, 5.74) is 36.0. The van der Waals surface area contributed by atoms with Gasteiger partial charge >= 0.3 is 0 Å². The van der Waals surface area contributed by atoms with Gasteiger partial charge in [-0.1, -0.05) is 190 Å². The van der Waals surface area contributed by atoms with Crippen LogP contribution in [0.15, 0.2) is 128 Å². The summed E-state index contributed by atoms with van der Waals surface area (Å²) in [4.78, 5) is 5.51. The lowest BCUT2D eigenvalue weighted by Gasteiger charge is -2.46. The fraction of sp³-hybridized carbons (Fsp3) is 0.325. The first-order valence-corrected chi connectivity index (χ1v) is 31.9. The van der Waals surface area contributed by atoms with Gasteiger partial charge < -0.3 is 18.9 Å². The number of aryl methyl sites for hydroxylation is 4. The quantitative estimate of drug-likeness (QED) is 0.154. The molecule has 432 valence electrons. The van der Waals surface area contributed by atoms with Crippen LogP contribution in [0.3, 0.4) is 0 Å². The van der Waals surface area contributed by atoms with E-state index in [0.717, 1.165) is 5.69 Å². The number of hydrogen-bond acceptors (Lipinski definition) is 2. The third-order valence-electron chi connectivity index (χ3n) is 19.9. The van der Waals surface area contributed by atoms with Crippen molar-refractivity contribution in [3.63, 3.8) is 0 Å². The van der Waals surface area contributed by atoms with Crippen LogP contribution in [0.2, 0.25) is 0 Å². The highest BCUT2D eigenvalue weighted by Gasteiger charge is 2.49. The van der Waals surface area contributed by atoms with Crippen molar-refractivity contribution >= 4 is 125 Å². The summed E-state index contributed by atoms with van der Waals surface area (Å²) in [6.45, 7) is 51.7. The van der Waals surface area contributed by atoms with Crippen LogP contribution in [-0.2, 0) is 16.2 Å². The average Bonchev–Trinajstić information content (AvgIpc) is 1.25. The van der Waals surface area contributed by atoms with Crippen LogP contribution in [-0.4, -0.2) is 22.6 Å². The first-order chi connectivity index (χ1) is 40.5. The van der Waals surface area contributed by atoms with Gasteiger partial charge in [-0.05, 0) is 205 Å². The second-order valence-corrected chi connectivity index (χ2v) is 31.0. The van der Waals surface area contributed by atoms with Gasteiger partial charge in [-0.3, -0.25) is 0 Å². The Kier molecular flexibility index (Phi) is 12.2. The molecule has 0 aliphatic carbocycles. The van der Waals surface area contributed by atoms with E-state index >= 15 is 0 Å². The molecule has 4 nitrogen and oxygen atoms in total. The van der Waals surface area contributed by atoms with E-state index in [1.54, 1.807) is 0 Å². The largest absolute Gasteiger partial charge is 0.311 e. The molecule has 0 bridgehead atoms. The Morgan fingerprint density at radius 1 is 0.442 bits per heavy atom. The Bertz CT molecular complexity index is 4610. The van der Waals surface area contributed by atoms with Gasteiger partial charge in [0.2, 0.25) is 0 Å². The molecule has 0 radical (unpaired) electrons. The first-order valence-electron chi connectivity index (χ1n) is 31.9. The van der Waals surface area contributed by atoms with Crippen molar-refractivity contribution in [2.45, 2.75) is 167 Å². The molecule has 0 fully saturated rings. The standard InChI is InChI=1S/C80H86B2N4/c1-22-63-54(32-33-77(10,11)12)56-39-53(79(16,17)18)40-62-74(56)83(63)66-28-25-29-67-70(66)82(62)60-43-69-61(42-68(60)85(67)72-46(6)34-50(44(2)3)35-47(72)7)81-59-26-23-24-27-65(59)84-64-31-30-52(78(13,14)15)38-55(64)57-41-58(80(19,20)21)76(71(81)75(57)84)86(69)73-48(8)36-51(45(4)5)37-49(73)9/h22-45H,1H2,2-21H3/b33-32+. The van der Waals surface area contributed by atoms with Gasteiger partial charge in [0.25, 0.3) is 13.4 Å². The number of fused-ring (bicyclic) bond motifs is 12. The molecule has 14 rings (SSSR count). The van der Waals surface area contributed by atoms with E-state index in [1.807, 2.05) is 0 Å². The minimum atomic E-state index is -0.237. The molecule has 86 heavy (non-hydrogen) atoms. The summed E-state index contributed by atoms with van der Waals surface area (Å²) in [7, 11) is 0. The molecule has 6 heteroatoms. The van der Waals surface area contributed by atoms with E-state index in [4.69, 9.17) is 0 Å². The lowest BCUT2D eigenvalue weighted by molar-refractivity contribution is 0.547. The van der Waals surface area contributed by atoms with Crippen molar-refractivity contribution < 1.29 is 0 Å². The van der Waals surface area contributed by atoms with Crippen molar-refractivity contribution in [1.29, 1.82) is 0 Å². The second kappa shape index (κ2) is 18.7. The minimum Gasteiger partial charge on any atom is -0.311 e. The van der Waals surface area contributed by atoms with Crippen molar-refractivity contribution in [3.05, 3.63) is 189 Å². The predicted octanol–water partition coefficient (Wildman–Crippen LogP) is 18.0. The van der Waals surface area contributed by atoms with Gasteiger partial charge in [0.1, 0.15) is 0 Å². The molecular weight excluding hydrogens is 1040 g/mol. The van der Waals surface area contributed by atoms with Gasteiger partial charge in [0.05, 0.1) is 28.1 Å². The molecule has 0 saturated carbocycles. The van der Waals surface area contributed by atoms with Gasteiger partial charge in [0, 0.05) is 61.4 Å². The van der Waals surface area contributed by atoms with E-state index in [-0.39, 0.29) is 35.1 Å². The van der Waals surface area contributed by atoms with E-state index in [2.05, 4.69) is 297 Å². The van der Waals surface area contributed by atoms with Crippen LogP contribution in [0.25, 0.3) is 56.2 Å². The maximum atomic E-state index is 4.62. The number of para-hydroxylation sites is 1. The summed E-state index contributed by atoms with van der Waals surface area (Å²) in [6.07, 6.45) is 6.90. The molecule has 0 N–H and O–H groups in total. The summed E-state index contributed by atoms with van der Waals surface area (Å²) in [6, 6.07) is 46.9.